The summed E-state index contributed by atoms with van der Waals surface area (Å²) in [6.45, 7) is 3.90. The molecular weight excluding hydrogens is 296 g/mol. The van der Waals surface area contributed by atoms with Crippen LogP contribution < -0.4 is 14.8 Å². The van der Waals surface area contributed by atoms with Crippen molar-refractivity contribution in [2.75, 3.05) is 12.4 Å². The smallest absolute Gasteiger partial charge is 0.250 e. The molecule has 0 spiro atoms. The van der Waals surface area contributed by atoms with Gasteiger partial charge in [0.05, 0.1) is 13.2 Å². The molecule has 7 nitrogen and oxygen atoms in total. The molecule has 122 valence electrons. The monoisotopic (exact) mass is 316 g/mol. The second-order valence-electron chi connectivity index (χ2n) is 5.11. The van der Waals surface area contributed by atoms with Gasteiger partial charge in [-0.3, -0.25) is 10.1 Å². The third kappa shape index (κ3) is 4.57. The number of aryl methyl sites for hydroxylation is 1. The van der Waals surface area contributed by atoms with E-state index in [1.807, 2.05) is 32.0 Å². The van der Waals surface area contributed by atoms with E-state index in [0.717, 1.165) is 5.56 Å². The van der Waals surface area contributed by atoms with Gasteiger partial charge in [0.1, 0.15) is 6.33 Å². The van der Waals surface area contributed by atoms with Gasteiger partial charge in [0.2, 0.25) is 5.95 Å². The van der Waals surface area contributed by atoms with Gasteiger partial charge >= 0.3 is 0 Å². The third-order valence-corrected chi connectivity index (χ3v) is 2.92. The molecule has 0 unspecified atom stereocenters. The largest absolute Gasteiger partial charge is 0.493 e. The van der Waals surface area contributed by atoms with Crippen molar-refractivity contribution in [2.24, 2.45) is 7.05 Å². The lowest BCUT2D eigenvalue weighted by molar-refractivity contribution is -0.111. The molecule has 7 heteroatoms. The van der Waals surface area contributed by atoms with Crippen LogP contribution in [0.25, 0.3) is 6.08 Å². The number of carbonyl (C=O) groups is 1. The zero-order valence-electron chi connectivity index (χ0n) is 13.6. The van der Waals surface area contributed by atoms with E-state index in [0.29, 0.717) is 17.4 Å². The quantitative estimate of drug-likeness (QED) is 0.827. The summed E-state index contributed by atoms with van der Waals surface area (Å²) >= 11 is 0. The number of rotatable bonds is 6. The summed E-state index contributed by atoms with van der Waals surface area (Å²) in [5.74, 6) is 1.39. The van der Waals surface area contributed by atoms with Gasteiger partial charge in [-0.1, -0.05) is 6.07 Å². The van der Waals surface area contributed by atoms with Gasteiger partial charge < -0.3 is 9.47 Å². The minimum absolute atomic E-state index is 0.0578. The van der Waals surface area contributed by atoms with E-state index < -0.39 is 0 Å². The fourth-order valence-corrected chi connectivity index (χ4v) is 1.87. The van der Waals surface area contributed by atoms with E-state index >= 15 is 0 Å². The summed E-state index contributed by atoms with van der Waals surface area (Å²) in [5, 5.41) is 6.51. The molecule has 2 rings (SSSR count). The number of hydrogen-bond acceptors (Lipinski definition) is 5. The highest BCUT2D eigenvalue weighted by Gasteiger charge is 2.07. The van der Waals surface area contributed by atoms with Crippen LogP contribution in [-0.2, 0) is 11.8 Å². The zero-order valence-corrected chi connectivity index (χ0v) is 13.6. The maximum absolute atomic E-state index is 11.9. The molecule has 2 aromatic rings. The number of ether oxygens (including phenoxy) is 2. The molecule has 1 amide bonds. The number of methoxy groups -OCH3 is 1. The number of anilines is 1. The second kappa shape index (κ2) is 7.44. The molecule has 1 aromatic heterocycles. The highest BCUT2D eigenvalue weighted by Crippen LogP contribution is 2.29. The van der Waals surface area contributed by atoms with E-state index in [1.54, 1.807) is 20.2 Å². The maximum Gasteiger partial charge on any atom is 0.250 e. The molecule has 1 aromatic carbocycles. The van der Waals surface area contributed by atoms with Crippen LogP contribution >= 0.6 is 0 Å². The van der Waals surface area contributed by atoms with E-state index in [9.17, 15) is 4.79 Å². The molecule has 0 aliphatic heterocycles. The van der Waals surface area contributed by atoms with Crippen LogP contribution in [0.1, 0.15) is 19.4 Å². The van der Waals surface area contributed by atoms with Crippen molar-refractivity contribution in [3.8, 4) is 11.5 Å². The fraction of sp³-hybridized carbons (Fsp3) is 0.312. The Bertz CT molecular complexity index is 707. The Labute approximate surface area is 134 Å². The van der Waals surface area contributed by atoms with Gasteiger partial charge in [-0.25, -0.2) is 4.68 Å². The van der Waals surface area contributed by atoms with Gasteiger partial charge in [0.25, 0.3) is 5.91 Å². The standard InChI is InChI=1S/C16H20N4O3/c1-11(2)23-13-7-5-12(9-14(13)22-4)6-8-15(21)19-16-17-10-18-20(16)3/h5-11H,1-4H3,(H,17,18,19,21). The molecule has 0 fully saturated rings. The highest BCUT2D eigenvalue weighted by molar-refractivity contribution is 6.00. The SMILES string of the molecule is COc1cc(C=CC(=O)Nc2ncnn2C)ccc1OC(C)C. The number of nitrogens with one attached hydrogen (secondary N) is 1. The van der Waals surface area contributed by atoms with Crippen molar-refractivity contribution in [3.05, 3.63) is 36.2 Å². The normalized spacial score (nSPS) is 11.0. The molecule has 0 saturated carbocycles. The summed E-state index contributed by atoms with van der Waals surface area (Å²) in [4.78, 5) is 15.8. The Morgan fingerprint density at radius 1 is 1.35 bits per heavy atom. The van der Waals surface area contributed by atoms with Gasteiger partial charge in [0.15, 0.2) is 11.5 Å². The van der Waals surface area contributed by atoms with Crippen molar-refractivity contribution in [1.29, 1.82) is 0 Å². The molecule has 0 bridgehead atoms. The Balaban J connectivity index is 2.07. The summed E-state index contributed by atoms with van der Waals surface area (Å²) < 4.78 is 12.4. The van der Waals surface area contributed by atoms with Crippen LogP contribution in [-0.4, -0.2) is 33.9 Å². The fourth-order valence-electron chi connectivity index (χ4n) is 1.87. The van der Waals surface area contributed by atoms with Gasteiger partial charge in [0, 0.05) is 13.1 Å². The minimum Gasteiger partial charge on any atom is -0.493 e. The van der Waals surface area contributed by atoms with Crippen LogP contribution in [0.4, 0.5) is 5.95 Å². The topological polar surface area (TPSA) is 78.3 Å². The number of aromatic nitrogens is 3. The van der Waals surface area contributed by atoms with Gasteiger partial charge in [-0.15, -0.1) is 0 Å². The highest BCUT2D eigenvalue weighted by atomic mass is 16.5. The summed E-state index contributed by atoms with van der Waals surface area (Å²) in [7, 11) is 3.28. The summed E-state index contributed by atoms with van der Waals surface area (Å²) in [5.41, 5.74) is 0.825. The number of benzene rings is 1. The second-order valence-corrected chi connectivity index (χ2v) is 5.11. The van der Waals surface area contributed by atoms with Crippen LogP contribution in [0.5, 0.6) is 11.5 Å². The lowest BCUT2D eigenvalue weighted by atomic mass is 10.2. The number of nitrogens with zero attached hydrogens (tertiary/aromatic N) is 3. The predicted molar refractivity (Wildman–Crippen MR) is 87.4 cm³/mol. The van der Waals surface area contributed by atoms with E-state index in [-0.39, 0.29) is 12.0 Å². The average molecular weight is 316 g/mol. The van der Waals surface area contributed by atoms with Crippen LogP contribution in [0, 0.1) is 0 Å². The number of amides is 1. The minimum atomic E-state index is -0.289. The summed E-state index contributed by atoms with van der Waals surface area (Å²) in [6.07, 6.45) is 4.54. The first kappa shape index (κ1) is 16.5. The van der Waals surface area contributed by atoms with Crippen LogP contribution in [0.3, 0.4) is 0 Å². The molecule has 1 heterocycles. The average Bonchev–Trinajstić information content (AvgIpc) is 2.91. The van der Waals surface area contributed by atoms with Crippen molar-refractivity contribution in [1.82, 2.24) is 14.8 Å². The molecule has 0 atom stereocenters. The Morgan fingerprint density at radius 2 is 2.13 bits per heavy atom. The zero-order chi connectivity index (χ0) is 16.8. The van der Waals surface area contributed by atoms with Crippen LogP contribution in [0.15, 0.2) is 30.6 Å². The molecule has 0 aliphatic carbocycles. The molecular formula is C16H20N4O3. The Hall–Kier alpha value is -2.83. The van der Waals surface area contributed by atoms with E-state index in [4.69, 9.17) is 9.47 Å². The van der Waals surface area contributed by atoms with E-state index in [1.165, 1.54) is 17.1 Å². The Kier molecular flexibility index (Phi) is 5.35. The van der Waals surface area contributed by atoms with Crippen molar-refractivity contribution in [3.63, 3.8) is 0 Å². The summed E-state index contributed by atoms with van der Waals surface area (Å²) in [6, 6.07) is 5.48. The lowest BCUT2D eigenvalue weighted by Gasteiger charge is -2.13. The van der Waals surface area contributed by atoms with Gasteiger partial charge in [-0.2, -0.15) is 10.1 Å². The van der Waals surface area contributed by atoms with Crippen molar-refractivity contribution < 1.29 is 14.3 Å². The third-order valence-electron chi connectivity index (χ3n) is 2.92. The first-order valence-electron chi connectivity index (χ1n) is 7.17. The maximum atomic E-state index is 11.9. The van der Waals surface area contributed by atoms with Crippen molar-refractivity contribution >= 4 is 17.9 Å². The Morgan fingerprint density at radius 3 is 2.74 bits per heavy atom. The molecule has 0 saturated heterocycles. The van der Waals surface area contributed by atoms with Crippen molar-refractivity contribution in [2.45, 2.75) is 20.0 Å². The predicted octanol–water partition coefficient (Wildman–Crippen LogP) is 2.26. The molecule has 23 heavy (non-hydrogen) atoms. The molecule has 1 N–H and O–H groups in total. The van der Waals surface area contributed by atoms with Crippen LogP contribution in [0.2, 0.25) is 0 Å². The first-order valence-corrected chi connectivity index (χ1v) is 7.17. The van der Waals surface area contributed by atoms with E-state index in [2.05, 4.69) is 15.4 Å². The number of hydrogen-bond donors (Lipinski definition) is 1. The molecule has 0 radical (unpaired) electrons. The lowest BCUT2D eigenvalue weighted by Crippen LogP contribution is -2.12. The molecule has 0 aliphatic rings. The number of carbonyl (C=O) groups excluding carboxylic acids is 1. The first-order chi connectivity index (χ1) is 11.0. The van der Waals surface area contributed by atoms with Gasteiger partial charge in [-0.05, 0) is 37.6 Å².